The fourth-order valence-electron chi connectivity index (χ4n) is 3.31. The zero-order valence-corrected chi connectivity index (χ0v) is 20.9. The number of rotatable bonds is 14. The minimum absolute atomic E-state index is 0.0735. The fraction of sp³-hybridized carbons (Fsp3) is 0.233. The number of aliphatic hydroxyl groups excluding tert-OH is 1. The van der Waals surface area contributed by atoms with Gasteiger partial charge in [0, 0.05) is 12.7 Å². The molecule has 0 aliphatic heterocycles. The van der Waals surface area contributed by atoms with Gasteiger partial charge in [-0.05, 0) is 72.5 Å². The lowest BCUT2D eigenvalue weighted by Crippen LogP contribution is -2.23. The molecule has 0 amide bonds. The molecule has 0 bridgehead atoms. The van der Waals surface area contributed by atoms with Gasteiger partial charge in [-0.15, -0.1) is 0 Å². The molecule has 0 heterocycles. The van der Waals surface area contributed by atoms with Crippen molar-refractivity contribution in [3.8, 4) is 28.7 Å². The van der Waals surface area contributed by atoms with Crippen molar-refractivity contribution < 1.29 is 33.6 Å². The molecule has 196 valence electrons. The van der Waals surface area contributed by atoms with Crippen LogP contribution in [-0.4, -0.2) is 49.6 Å². The van der Waals surface area contributed by atoms with Crippen LogP contribution >= 0.6 is 0 Å². The van der Waals surface area contributed by atoms with Gasteiger partial charge >= 0.3 is 11.9 Å². The molecule has 3 aromatic rings. The molecule has 0 aliphatic carbocycles. The molecule has 1 unspecified atom stereocenters. The first-order valence-electron chi connectivity index (χ1n) is 12.1. The normalized spacial score (nSPS) is 11.2. The van der Waals surface area contributed by atoms with E-state index in [4.69, 9.17) is 24.2 Å². The summed E-state index contributed by atoms with van der Waals surface area (Å²) in [4.78, 5) is 23.4. The Balaban J connectivity index is 1.34. The van der Waals surface area contributed by atoms with Crippen molar-refractivity contribution in [2.75, 3.05) is 26.4 Å². The van der Waals surface area contributed by atoms with E-state index in [9.17, 15) is 14.7 Å². The Morgan fingerprint density at radius 2 is 1.47 bits per heavy atom. The summed E-state index contributed by atoms with van der Waals surface area (Å²) in [5.41, 5.74) is 2.92. The van der Waals surface area contributed by atoms with Gasteiger partial charge in [-0.1, -0.05) is 30.8 Å². The third kappa shape index (κ3) is 9.21. The van der Waals surface area contributed by atoms with Gasteiger partial charge in [0.15, 0.2) is 0 Å². The molecule has 38 heavy (non-hydrogen) atoms. The Hall–Kier alpha value is -4.45. The van der Waals surface area contributed by atoms with Crippen LogP contribution in [-0.2, 0) is 14.3 Å². The second-order valence-corrected chi connectivity index (χ2v) is 8.25. The molecule has 1 N–H and O–H groups in total. The predicted molar refractivity (Wildman–Crippen MR) is 141 cm³/mol. The lowest BCUT2D eigenvalue weighted by Gasteiger charge is -2.11. The van der Waals surface area contributed by atoms with E-state index < -0.39 is 18.0 Å². The lowest BCUT2D eigenvalue weighted by atomic mass is 10.0. The average Bonchev–Trinajstić information content (AvgIpc) is 2.96. The van der Waals surface area contributed by atoms with Crippen molar-refractivity contribution in [3.05, 3.63) is 96.6 Å². The highest BCUT2D eigenvalue weighted by Crippen LogP contribution is 2.23. The summed E-state index contributed by atoms with van der Waals surface area (Å²) < 4.78 is 21.3. The van der Waals surface area contributed by atoms with Crippen LogP contribution in [0.15, 0.2) is 85.5 Å². The van der Waals surface area contributed by atoms with Crippen molar-refractivity contribution in [1.82, 2.24) is 0 Å². The van der Waals surface area contributed by atoms with Gasteiger partial charge in [-0.3, -0.25) is 0 Å². The van der Waals surface area contributed by atoms with Gasteiger partial charge in [-0.2, -0.15) is 5.26 Å². The van der Waals surface area contributed by atoms with Gasteiger partial charge in [0.25, 0.3) is 0 Å². The molecule has 1 atom stereocenters. The summed E-state index contributed by atoms with van der Waals surface area (Å²) in [5.74, 6) is 0.00738. The number of hydrogen-bond acceptors (Lipinski definition) is 8. The molecule has 0 aliphatic rings. The van der Waals surface area contributed by atoms with E-state index in [-0.39, 0.29) is 13.2 Å². The van der Waals surface area contributed by atoms with Crippen LogP contribution in [0.3, 0.4) is 0 Å². The lowest BCUT2D eigenvalue weighted by molar-refractivity contribution is -0.141. The monoisotopic (exact) mass is 515 g/mol. The van der Waals surface area contributed by atoms with E-state index in [1.807, 2.05) is 24.3 Å². The van der Waals surface area contributed by atoms with Gasteiger partial charge in [0.1, 0.15) is 24.2 Å². The minimum Gasteiger partial charge on any atom is -0.494 e. The number of carbonyl (C=O) groups excluding carboxylic acids is 2. The molecule has 0 saturated heterocycles. The van der Waals surface area contributed by atoms with Crippen molar-refractivity contribution in [3.63, 3.8) is 0 Å². The van der Waals surface area contributed by atoms with Crippen LogP contribution < -0.4 is 9.47 Å². The van der Waals surface area contributed by atoms with Crippen molar-refractivity contribution in [1.29, 1.82) is 5.26 Å². The number of ether oxygens (including phenoxy) is 4. The van der Waals surface area contributed by atoms with Gasteiger partial charge in [-0.25, -0.2) is 9.59 Å². The Labute approximate surface area is 221 Å². The van der Waals surface area contributed by atoms with Gasteiger partial charge in [0.2, 0.25) is 0 Å². The van der Waals surface area contributed by atoms with Crippen molar-refractivity contribution in [2.24, 2.45) is 0 Å². The standard InChI is InChI=1S/C30H29NO7/c1-2-29(33)37-21-26(32)20-35-17-3-4-18-36-27-13-11-25(12-14-27)30(34)38-28-15-9-24(10-16-28)23-7-5-22(19-31)6-8-23/h2,5-16,26,32H,1,3-4,17-18,20-21H2. The number of hydrogen-bond donors (Lipinski definition) is 1. The highest BCUT2D eigenvalue weighted by Gasteiger charge is 2.10. The molecule has 3 aromatic carbocycles. The highest BCUT2D eigenvalue weighted by molar-refractivity contribution is 5.91. The Kier molecular flexibility index (Phi) is 11.1. The van der Waals surface area contributed by atoms with Crippen LogP contribution in [0.25, 0.3) is 11.1 Å². The highest BCUT2D eigenvalue weighted by atomic mass is 16.5. The summed E-state index contributed by atoms with van der Waals surface area (Å²) in [7, 11) is 0. The summed E-state index contributed by atoms with van der Waals surface area (Å²) in [6.45, 7) is 4.13. The van der Waals surface area contributed by atoms with Crippen LogP contribution in [0.5, 0.6) is 11.5 Å². The van der Waals surface area contributed by atoms with E-state index in [0.29, 0.717) is 35.8 Å². The largest absolute Gasteiger partial charge is 0.494 e. The van der Waals surface area contributed by atoms with Crippen LogP contribution in [0, 0.1) is 11.3 Å². The van der Waals surface area contributed by atoms with E-state index in [0.717, 1.165) is 30.0 Å². The number of unbranched alkanes of at least 4 members (excludes halogenated alkanes) is 1. The maximum Gasteiger partial charge on any atom is 0.343 e. The maximum atomic E-state index is 12.5. The number of benzene rings is 3. The van der Waals surface area contributed by atoms with Gasteiger partial charge in [0.05, 0.1) is 30.4 Å². The molecule has 0 radical (unpaired) electrons. The molecule has 8 nitrogen and oxygen atoms in total. The van der Waals surface area contributed by atoms with Crippen LogP contribution in [0.4, 0.5) is 0 Å². The summed E-state index contributed by atoms with van der Waals surface area (Å²) >= 11 is 0. The molecule has 3 rings (SSSR count). The number of nitriles is 1. The summed E-state index contributed by atoms with van der Waals surface area (Å²) in [5, 5.41) is 18.6. The third-order valence-electron chi connectivity index (χ3n) is 5.35. The van der Waals surface area contributed by atoms with E-state index in [1.165, 1.54) is 0 Å². The quantitative estimate of drug-likeness (QED) is 0.142. The second-order valence-electron chi connectivity index (χ2n) is 8.25. The molecule has 0 spiro atoms. The average molecular weight is 516 g/mol. The topological polar surface area (TPSA) is 115 Å². The number of nitrogens with zero attached hydrogens (tertiary/aromatic N) is 1. The zero-order chi connectivity index (χ0) is 27.2. The molecular formula is C30H29NO7. The predicted octanol–water partition coefficient (Wildman–Crippen LogP) is 4.71. The minimum atomic E-state index is -0.881. The number of aliphatic hydroxyl groups is 1. The Morgan fingerprint density at radius 1 is 0.868 bits per heavy atom. The summed E-state index contributed by atoms with van der Waals surface area (Å²) in [6.07, 6.45) is 1.62. The molecule has 0 saturated carbocycles. The van der Waals surface area contributed by atoms with Crippen molar-refractivity contribution >= 4 is 11.9 Å². The molecule has 0 fully saturated rings. The zero-order valence-electron chi connectivity index (χ0n) is 20.9. The molecule has 0 aromatic heterocycles. The fourth-order valence-corrected chi connectivity index (χ4v) is 3.31. The second kappa shape index (κ2) is 15.0. The van der Waals surface area contributed by atoms with Crippen molar-refractivity contribution in [2.45, 2.75) is 18.9 Å². The molecule has 8 heteroatoms. The first-order valence-corrected chi connectivity index (χ1v) is 12.1. The Bertz CT molecular complexity index is 1230. The Morgan fingerprint density at radius 3 is 2.11 bits per heavy atom. The van der Waals surface area contributed by atoms with Crippen LogP contribution in [0.2, 0.25) is 0 Å². The maximum absolute atomic E-state index is 12.5. The first kappa shape index (κ1) is 28.1. The van der Waals surface area contributed by atoms with Gasteiger partial charge < -0.3 is 24.1 Å². The number of carbonyl (C=O) groups is 2. The molecular weight excluding hydrogens is 486 g/mol. The van der Waals surface area contributed by atoms with E-state index in [1.54, 1.807) is 48.5 Å². The SMILES string of the molecule is C=CC(=O)OCC(O)COCCCCOc1ccc(C(=O)Oc2ccc(-c3ccc(C#N)cc3)cc2)cc1. The third-order valence-corrected chi connectivity index (χ3v) is 5.35. The van der Waals surface area contributed by atoms with Crippen LogP contribution in [0.1, 0.15) is 28.8 Å². The smallest absolute Gasteiger partial charge is 0.343 e. The summed E-state index contributed by atoms with van der Waals surface area (Å²) in [6, 6.07) is 23.2. The van der Waals surface area contributed by atoms with E-state index >= 15 is 0 Å². The first-order chi connectivity index (χ1) is 18.5. The van der Waals surface area contributed by atoms with E-state index in [2.05, 4.69) is 12.6 Å². The number of esters is 2.